The van der Waals surface area contributed by atoms with Gasteiger partial charge in [0.1, 0.15) is 4.32 Å². The van der Waals surface area contributed by atoms with Crippen LogP contribution in [0, 0.1) is 17.3 Å². The summed E-state index contributed by atoms with van der Waals surface area (Å²) in [6.45, 7) is 10.1. The molecule has 1 heterocycles. The second-order valence-corrected chi connectivity index (χ2v) is 15.1. The van der Waals surface area contributed by atoms with Gasteiger partial charge in [-0.1, -0.05) is 105 Å². The van der Waals surface area contributed by atoms with Gasteiger partial charge in [0.25, 0.3) is 0 Å². The molecule has 5 nitrogen and oxygen atoms in total. The zero-order chi connectivity index (χ0) is 27.9. The van der Waals surface area contributed by atoms with Crippen molar-refractivity contribution in [3.63, 3.8) is 0 Å². The van der Waals surface area contributed by atoms with Crippen LogP contribution in [-0.4, -0.2) is 47.0 Å². The van der Waals surface area contributed by atoms with Crippen molar-refractivity contribution in [1.82, 2.24) is 4.90 Å². The summed E-state index contributed by atoms with van der Waals surface area (Å²) in [5, 5.41) is 9.93. The predicted molar refractivity (Wildman–Crippen MR) is 163 cm³/mol. The molecular weight excluding hydrogens is 531 g/mol. The maximum atomic E-state index is 14.5. The second kappa shape index (κ2) is 13.6. The van der Waals surface area contributed by atoms with Crippen LogP contribution in [0.2, 0.25) is 13.1 Å². The second-order valence-electron chi connectivity index (χ2n) is 11.2. The molecule has 0 aliphatic carbocycles. The van der Waals surface area contributed by atoms with Crippen LogP contribution < -0.4 is 0 Å². The molecule has 0 radical (unpaired) electrons. The number of carbonyl (C=O) groups excluding carboxylic acids is 1. The van der Waals surface area contributed by atoms with E-state index in [4.69, 9.17) is 16.6 Å². The number of thiocarbonyl (C=S) groups is 1. The van der Waals surface area contributed by atoms with Gasteiger partial charge in [-0.3, -0.25) is 9.69 Å². The van der Waals surface area contributed by atoms with Crippen LogP contribution in [0.5, 0.6) is 0 Å². The molecule has 0 aromatic heterocycles. The first-order valence-corrected chi connectivity index (χ1v) is 17.3. The average Bonchev–Trinajstić information content (AvgIpc) is 3.22. The summed E-state index contributed by atoms with van der Waals surface area (Å²) in [7, 11) is -1.67. The number of carboxylic acids is 1. The third-order valence-electron chi connectivity index (χ3n) is 6.75. The lowest BCUT2D eigenvalue weighted by Crippen LogP contribution is -2.47. The van der Waals surface area contributed by atoms with Gasteiger partial charge in [0.15, 0.2) is 5.76 Å². The first-order valence-electron chi connectivity index (χ1n) is 13.2. The molecule has 3 rings (SSSR count). The Labute approximate surface area is 238 Å². The van der Waals surface area contributed by atoms with Gasteiger partial charge in [-0.15, -0.1) is 0 Å². The molecular formula is C30H39NO4S2Si. The number of rotatable bonds is 11. The van der Waals surface area contributed by atoms with E-state index in [0.29, 0.717) is 17.2 Å². The topological polar surface area (TPSA) is 66.8 Å². The van der Waals surface area contributed by atoms with E-state index in [1.165, 1.54) is 0 Å². The Bertz CT molecular complexity index is 1130. The highest BCUT2D eigenvalue weighted by Gasteiger charge is 2.43. The number of aryl methyl sites for hydroxylation is 1. The van der Waals surface area contributed by atoms with E-state index >= 15 is 0 Å². The molecule has 1 N–H and O–H groups in total. The number of amides is 1. The molecule has 0 unspecified atom stereocenters. The minimum absolute atomic E-state index is 0.0282. The van der Waals surface area contributed by atoms with E-state index in [1.54, 1.807) is 17.8 Å². The van der Waals surface area contributed by atoms with Crippen LogP contribution in [0.25, 0.3) is 0 Å². The number of nitrogens with zero attached hydrogens (tertiary/aromatic N) is 1. The van der Waals surface area contributed by atoms with Gasteiger partial charge in [-0.05, 0) is 60.9 Å². The minimum Gasteiger partial charge on any atom is -0.542 e. The molecule has 0 bridgehead atoms. The van der Waals surface area contributed by atoms with Gasteiger partial charge in [-0.25, -0.2) is 4.79 Å². The summed E-state index contributed by atoms with van der Waals surface area (Å²) < 4.78 is 6.42. The molecule has 1 saturated heterocycles. The third kappa shape index (κ3) is 8.29. The fraction of sp³-hybridized carbons (Fsp3) is 0.433. The van der Waals surface area contributed by atoms with Crippen LogP contribution in [0.15, 0.2) is 72.5 Å². The van der Waals surface area contributed by atoms with E-state index in [9.17, 15) is 14.7 Å². The summed E-state index contributed by atoms with van der Waals surface area (Å²) in [4.78, 5) is 28.4. The molecule has 204 valence electrons. The summed E-state index contributed by atoms with van der Waals surface area (Å²) in [5.74, 6) is -1.24. The molecule has 0 saturated carbocycles. The van der Waals surface area contributed by atoms with Crippen molar-refractivity contribution in [2.75, 3.05) is 5.75 Å². The molecule has 8 heteroatoms. The lowest BCUT2D eigenvalue weighted by atomic mass is 9.70. The summed E-state index contributed by atoms with van der Waals surface area (Å²) in [6.07, 6.45) is 3.71. The molecule has 1 aliphatic heterocycles. The molecule has 1 fully saturated rings. The fourth-order valence-corrected chi connectivity index (χ4v) is 7.03. The highest BCUT2D eigenvalue weighted by Crippen LogP contribution is 2.40. The van der Waals surface area contributed by atoms with Gasteiger partial charge in [0, 0.05) is 11.7 Å². The highest BCUT2D eigenvalue weighted by atomic mass is 32.2. The Hall–Kier alpha value is -2.42. The summed E-state index contributed by atoms with van der Waals surface area (Å²) >= 11 is 7.26. The fourth-order valence-electron chi connectivity index (χ4n) is 4.92. The van der Waals surface area contributed by atoms with Crippen LogP contribution in [0.3, 0.4) is 0 Å². The SMILES string of the molecule is C[SiH](C)OC(=C[C@@H]([C@H](CCc1ccccc1)C(=O)N1C(=S)SC[C@@H]1Cc1ccccc1)C(C)(C)C)C(=O)O. The number of allylic oxidation sites excluding steroid dienone is 1. The number of aliphatic carboxylic acids is 1. The van der Waals surface area contributed by atoms with Crippen molar-refractivity contribution in [2.45, 2.75) is 59.2 Å². The summed E-state index contributed by atoms with van der Waals surface area (Å²) in [6, 6.07) is 20.2. The number of benzene rings is 2. The Morgan fingerprint density at radius 1 is 1.11 bits per heavy atom. The third-order valence-corrected chi connectivity index (χ3v) is 9.03. The first-order chi connectivity index (χ1) is 18.0. The van der Waals surface area contributed by atoms with Crippen molar-refractivity contribution >= 4 is 49.2 Å². The quantitative estimate of drug-likeness (QED) is 0.147. The maximum absolute atomic E-state index is 14.5. The monoisotopic (exact) mass is 569 g/mol. The molecule has 2 aromatic rings. The maximum Gasteiger partial charge on any atom is 0.369 e. The molecule has 38 heavy (non-hydrogen) atoms. The number of thioether (sulfide) groups is 1. The van der Waals surface area contributed by atoms with E-state index in [0.717, 1.165) is 23.3 Å². The highest BCUT2D eigenvalue weighted by molar-refractivity contribution is 8.23. The number of carbonyl (C=O) groups is 2. The van der Waals surface area contributed by atoms with Crippen LogP contribution in [0.4, 0.5) is 0 Å². The normalized spacial score (nSPS) is 17.9. The lowest BCUT2D eigenvalue weighted by molar-refractivity contribution is -0.137. The average molecular weight is 570 g/mol. The first kappa shape index (κ1) is 30.1. The van der Waals surface area contributed by atoms with Gasteiger partial charge >= 0.3 is 5.97 Å². The van der Waals surface area contributed by atoms with Crippen molar-refractivity contribution in [3.05, 3.63) is 83.6 Å². The number of carboxylic acid groups (broad SMARTS) is 1. The van der Waals surface area contributed by atoms with Crippen molar-refractivity contribution < 1.29 is 19.1 Å². The van der Waals surface area contributed by atoms with E-state index < -0.39 is 20.9 Å². The van der Waals surface area contributed by atoms with E-state index in [1.807, 2.05) is 54.4 Å². The van der Waals surface area contributed by atoms with Gasteiger partial charge in [0.05, 0.1) is 6.04 Å². The van der Waals surface area contributed by atoms with E-state index in [2.05, 4.69) is 45.0 Å². The van der Waals surface area contributed by atoms with Crippen LogP contribution in [0.1, 0.15) is 38.3 Å². The van der Waals surface area contributed by atoms with Crippen LogP contribution >= 0.6 is 24.0 Å². The standard InChI is InChI=1S/C30H39NO4S2Si/c1-30(2,3)25(19-26(28(33)34)35-38(4)5)24(17-16-21-12-8-6-9-13-21)27(32)31-23(20-37-29(31)36)18-22-14-10-7-11-15-22/h6-15,19,23-25,38H,16-18,20H2,1-5H3,(H,33,34)/t23-,24-,25-/m0/s1. The van der Waals surface area contributed by atoms with Gasteiger partial charge in [0.2, 0.25) is 14.9 Å². The number of hydrogen-bond acceptors (Lipinski definition) is 5. The Balaban J connectivity index is 2.01. The summed E-state index contributed by atoms with van der Waals surface area (Å²) in [5.41, 5.74) is 1.92. The largest absolute Gasteiger partial charge is 0.542 e. The molecule has 2 aromatic carbocycles. The van der Waals surface area contributed by atoms with E-state index in [-0.39, 0.29) is 29.0 Å². The number of hydrogen-bond donors (Lipinski definition) is 1. The van der Waals surface area contributed by atoms with Crippen LogP contribution in [-0.2, 0) is 26.9 Å². The Morgan fingerprint density at radius 2 is 1.68 bits per heavy atom. The molecule has 1 aliphatic rings. The smallest absolute Gasteiger partial charge is 0.369 e. The van der Waals surface area contributed by atoms with Crippen molar-refractivity contribution in [3.8, 4) is 0 Å². The minimum atomic E-state index is -1.67. The predicted octanol–water partition coefficient (Wildman–Crippen LogP) is 6.34. The van der Waals surface area contributed by atoms with Gasteiger partial charge < -0.3 is 9.53 Å². The zero-order valence-electron chi connectivity index (χ0n) is 22.9. The molecule has 1 amide bonds. The van der Waals surface area contributed by atoms with Crippen molar-refractivity contribution in [1.29, 1.82) is 0 Å². The van der Waals surface area contributed by atoms with Crippen molar-refractivity contribution in [2.24, 2.45) is 17.3 Å². The van der Waals surface area contributed by atoms with Gasteiger partial charge in [-0.2, -0.15) is 0 Å². The Morgan fingerprint density at radius 3 is 2.21 bits per heavy atom. The zero-order valence-corrected chi connectivity index (χ0v) is 25.7. The molecule has 3 atom stereocenters. The molecule has 0 spiro atoms. The lowest BCUT2D eigenvalue weighted by Gasteiger charge is -2.38. The Kier molecular flexibility index (Phi) is 10.8.